The first-order chi connectivity index (χ1) is 17.0. The highest BCUT2D eigenvalue weighted by molar-refractivity contribution is 5.93. The molecular formula is C28H38N4O3. The van der Waals surface area contributed by atoms with Crippen LogP contribution >= 0.6 is 0 Å². The second kappa shape index (κ2) is 11.5. The lowest BCUT2D eigenvalue weighted by Gasteiger charge is -2.30. The smallest absolute Gasteiger partial charge is 0.130 e. The van der Waals surface area contributed by atoms with Crippen molar-refractivity contribution in [3.05, 3.63) is 48.0 Å². The number of pyridine rings is 1. The Bertz CT molecular complexity index is 1100. The second-order valence-electron chi connectivity index (χ2n) is 9.44. The third kappa shape index (κ3) is 5.90. The third-order valence-electron chi connectivity index (χ3n) is 6.93. The summed E-state index contributed by atoms with van der Waals surface area (Å²) in [6, 6.07) is 14.8. The molecule has 0 aliphatic heterocycles. The van der Waals surface area contributed by atoms with Gasteiger partial charge >= 0.3 is 0 Å². The van der Waals surface area contributed by atoms with Gasteiger partial charge in [0.05, 0.1) is 32.4 Å². The van der Waals surface area contributed by atoms with E-state index < -0.39 is 0 Å². The van der Waals surface area contributed by atoms with Gasteiger partial charge in [-0.3, -0.25) is 0 Å². The van der Waals surface area contributed by atoms with Gasteiger partial charge in [0, 0.05) is 56.0 Å². The quantitative estimate of drug-likeness (QED) is 0.421. The molecule has 35 heavy (non-hydrogen) atoms. The Morgan fingerprint density at radius 2 is 1.60 bits per heavy atom. The molecule has 1 heterocycles. The largest absolute Gasteiger partial charge is 0.496 e. The van der Waals surface area contributed by atoms with E-state index in [1.807, 2.05) is 18.2 Å². The van der Waals surface area contributed by atoms with E-state index >= 15 is 0 Å². The molecule has 1 saturated carbocycles. The number of anilines is 2. The lowest BCUT2D eigenvalue weighted by Crippen LogP contribution is -2.31. The molecule has 188 valence electrons. The number of hydrogen-bond acceptors (Lipinski definition) is 7. The molecule has 1 aliphatic rings. The van der Waals surface area contributed by atoms with Gasteiger partial charge in [-0.2, -0.15) is 0 Å². The number of para-hydroxylation sites is 1. The van der Waals surface area contributed by atoms with E-state index in [4.69, 9.17) is 19.2 Å². The summed E-state index contributed by atoms with van der Waals surface area (Å²) in [6.45, 7) is 1.67. The van der Waals surface area contributed by atoms with Crippen molar-refractivity contribution >= 4 is 22.4 Å². The van der Waals surface area contributed by atoms with Crippen LogP contribution in [-0.2, 0) is 6.54 Å². The molecule has 0 unspecified atom stereocenters. The molecule has 7 heteroatoms. The monoisotopic (exact) mass is 478 g/mol. The Hall–Kier alpha value is -3.19. The summed E-state index contributed by atoms with van der Waals surface area (Å²) < 4.78 is 16.5. The zero-order chi connectivity index (χ0) is 24.8. The lowest BCUT2D eigenvalue weighted by molar-refractivity contribution is 0.321. The predicted molar refractivity (Wildman–Crippen MR) is 143 cm³/mol. The maximum Gasteiger partial charge on any atom is 0.130 e. The highest BCUT2D eigenvalue weighted by Crippen LogP contribution is 2.34. The van der Waals surface area contributed by atoms with Gasteiger partial charge in [-0.1, -0.05) is 18.2 Å². The molecule has 2 aromatic carbocycles. The van der Waals surface area contributed by atoms with Crippen LogP contribution in [0.2, 0.25) is 0 Å². The minimum Gasteiger partial charge on any atom is -0.496 e. The molecule has 4 rings (SSSR count). The van der Waals surface area contributed by atoms with Crippen LogP contribution < -0.4 is 29.7 Å². The molecule has 0 saturated heterocycles. The zero-order valence-corrected chi connectivity index (χ0v) is 21.6. The van der Waals surface area contributed by atoms with Crippen LogP contribution in [0, 0.1) is 5.92 Å². The normalized spacial score (nSPS) is 17.7. The number of ether oxygens (including phenoxy) is 3. The highest BCUT2D eigenvalue weighted by Gasteiger charge is 2.22. The minimum absolute atomic E-state index is 0.455. The summed E-state index contributed by atoms with van der Waals surface area (Å²) in [5, 5.41) is 8.52. The topological polar surface area (TPSA) is 67.9 Å². The number of hydrogen-bond donors (Lipinski definition) is 2. The molecule has 1 aliphatic carbocycles. The second-order valence-corrected chi connectivity index (χ2v) is 9.44. The summed E-state index contributed by atoms with van der Waals surface area (Å²) in [4.78, 5) is 7.03. The van der Waals surface area contributed by atoms with Crippen LogP contribution in [-0.4, -0.2) is 53.0 Å². The van der Waals surface area contributed by atoms with Gasteiger partial charge < -0.3 is 29.7 Å². The number of rotatable bonds is 10. The number of aromatic nitrogens is 1. The summed E-state index contributed by atoms with van der Waals surface area (Å²) in [5.74, 6) is 3.91. The molecule has 7 nitrogen and oxygen atoms in total. The molecule has 0 bridgehead atoms. The summed E-state index contributed by atoms with van der Waals surface area (Å²) in [6.07, 6.45) is 4.67. The van der Waals surface area contributed by atoms with Crippen LogP contribution in [0.25, 0.3) is 10.9 Å². The maximum absolute atomic E-state index is 5.58. The Morgan fingerprint density at radius 3 is 2.23 bits per heavy atom. The van der Waals surface area contributed by atoms with E-state index in [9.17, 15) is 0 Å². The Labute approximate surface area is 208 Å². The first-order valence-electron chi connectivity index (χ1n) is 12.4. The van der Waals surface area contributed by atoms with Crippen molar-refractivity contribution < 1.29 is 14.2 Å². The molecule has 0 radical (unpaired) electrons. The zero-order valence-electron chi connectivity index (χ0n) is 21.6. The summed E-state index contributed by atoms with van der Waals surface area (Å²) >= 11 is 0. The lowest BCUT2D eigenvalue weighted by atomic mass is 9.86. The maximum atomic E-state index is 5.58. The fourth-order valence-corrected chi connectivity index (χ4v) is 4.97. The first kappa shape index (κ1) is 24.9. The van der Waals surface area contributed by atoms with Gasteiger partial charge in [-0.15, -0.1) is 0 Å². The minimum atomic E-state index is 0.455. The van der Waals surface area contributed by atoms with E-state index in [2.05, 4.69) is 53.9 Å². The van der Waals surface area contributed by atoms with Gasteiger partial charge in [0.2, 0.25) is 0 Å². The van der Waals surface area contributed by atoms with Crippen LogP contribution in [0.5, 0.6) is 17.2 Å². The van der Waals surface area contributed by atoms with E-state index in [0.717, 1.165) is 53.5 Å². The van der Waals surface area contributed by atoms with Gasteiger partial charge in [0.1, 0.15) is 23.1 Å². The number of nitrogens with one attached hydrogen (secondary N) is 2. The molecule has 1 fully saturated rings. The van der Waals surface area contributed by atoms with Crippen molar-refractivity contribution in [2.45, 2.75) is 38.3 Å². The van der Waals surface area contributed by atoms with Crippen molar-refractivity contribution in [2.24, 2.45) is 5.92 Å². The molecule has 2 N–H and O–H groups in total. The molecule has 0 spiro atoms. The highest BCUT2D eigenvalue weighted by atomic mass is 16.5. The SMILES string of the molecule is COc1cc(OC)c(CNC[C@H]2CC[C@@H](Nc3cc(N(C)C)c4ccccc4n3)CC2)c(OC)c1. The van der Waals surface area contributed by atoms with Gasteiger partial charge in [-0.25, -0.2) is 4.98 Å². The molecule has 0 atom stereocenters. The van der Waals surface area contributed by atoms with E-state index in [0.29, 0.717) is 18.5 Å². The van der Waals surface area contributed by atoms with Gasteiger partial charge in [0.15, 0.2) is 0 Å². The van der Waals surface area contributed by atoms with Crippen molar-refractivity contribution in [1.82, 2.24) is 10.3 Å². The van der Waals surface area contributed by atoms with Crippen LogP contribution in [0.15, 0.2) is 42.5 Å². The van der Waals surface area contributed by atoms with Crippen molar-refractivity contribution in [1.29, 1.82) is 0 Å². The fourth-order valence-electron chi connectivity index (χ4n) is 4.97. The van der Waals surface area contributed by atoms with Crippen molar-refractivity contribution in [2.75, 3.05) is 52.2 Å². The average Bonchev–Trinajstić information content (AvgIpc) is 2.88. The van der Waals surface area contributed by atoms with E-state index in [1.54, 1.807) is 21.3 Å². The number of benzene rings is 2. The number of fused-ring (bicyclic) bond motifs is 1. The average molecular weight is 479 g/mol. The predicted octanol–water partition coefficient (Wildman–Crippen LogP) is 5.09. The molecule has 0 amide bonds. The summed E-state index contributed by atoms with van der Waals surface area (Å²) in [7, 11) is 9.17. The van der Waals surface area contributed by atoms with Crippen LogP contribution in [0.1, 0.15) is 31.2 Å². The Balaban J connectivity index is 1.31. The summed E-state index contributed by atoms with van der Waals surface area (Å²) in [5.41, 5.74) is 3.24. The molecular weight excluding hydrogens is 440 g/mol. The number of nitrogens with zero attached hydrogens (tertiary/aromatic N) is 2. The fraction of sp³-hybridized carbons (Fsp3) is 0.464. The number of methoxy groups -OCH3 is 3. The van der Waals surface area contributed by atoms with Crippen LogP contribution in [0.3, 0.4) is 0 Å². The Kier molecular flexibility index (Phi) is 8.18. The van der Waals surface area contributed by atoms with Crippen LogP contribution in [0.4, 0.5) is 11.5 Å². The van der Waals surface area contributed by atoms with Gasteiger partial charge in [-0.05, 0) is 44.2 Å². The van der Waals surface area contributed by atoms with Gasteiger partial charge in [0.25, 0.3) is 0 Å². The van der Waals surface area contributed by atoms with Crippen molar-refractivity contribution in [3.8, 4) is 17.2 Å². The Morgan fingerprint density at radius 1 is 0.914 bits per heavy atom. The molecule has 3 aromatic rings. The van der Waals surface area contributed by atoms with E-state index in [-0.39, 0.29) is 0 Å². The van der Waals surface area contributed by atoms with E-state index in [1.165, 1.54) is 23.9 Å². The standard InChI is InChI=1S/C28H38N4O3/c1-32(2)25-16-28(31-24-9-7-6-8-22(24)25)30-20-12-10-19(11-13-20)17-29-18-23-26(34-4)14-21(33-3)15-27(23)35-5/h6-9,14-16,19-20,29H,10-13,17-18H2,1-5H3,(H,30,31)/t19-,20+. The van der Waals surface area contributed by atoms with Crippen molar-refractivity contribution in [3.63, 3.8) is 0 Å². The first-order valence-corrected chi connectivity index (χ1v) is 12.4. The molecule has 1 aromatic heterocycles. The third-order valence-corrected chi connectivity index (χ3v) is 6.93.